The van der Waals surface area contributed by atoms with Gasteiger partial charge >= 0.3 is 0 Å². The summed E-state index contributed by atoms with van der Waals surface area (Å²) in [6.45, 7) is 0.446. The second-order valence-corrected chi connectivity index (χ2v) is 4.93. The van der Waals surface area contributed by atoms with Gasteiger partial charge in [0.05, 0.1) is 6.42 Å². The molecule has 1 saturated heterocycles. The Morgan fingerprint density at radius 1 is 1.11 bits per heavy atom. The van der Waals surface area contributed by atoms with Gasteiger partial charge < -0.3 is 4.90 Å². The molecule has 1 N–H and O–H groups in total. The smallest absolute Gasteiger partial charge is 0.249 e. The van der Waals surface area contributed by atoms with Crippen molar-refractivity contribution in [1.29, 1.82) is 0 Å². The van der Waals surface area contributed by atoms with Crippen LogP contribution >= 0.6 is 0 Å². The largest absolute Gasteiger partial charge is 0.326 e. The van der Waals surface area contributed by atoms with Crippen LogP contribution in [0.15, 0.2) is 24.3 Å². The van der Waals surface area contributed by atoms with Gasteiger partial charge in [0.2, 0.25) is 17.7 Å². The van der Waals surface area contributed by atoms with Crippen LogP contribution in [0, 0.1) is 0 Å². The quantitative estimate of drug-likeness (QED) is 0.740. The number of nitrogens with one attached hydrogen (secondary N) is 1. The average molecular weight is 258 g/mol. The van der Waals surface area contributed by atoms with E-state index >= 15 is 0 Å². The van der Waals surface area contributed by atoms with Crippen LogP contribution in [0.4, 0.5) is 0 Å². The SMILES string of the molecule is O=C1CCC(N2Cc3ccccc3CC2=O)C(=O)N1. The van der Waals surface area contributed by atoms with Crippen LogP contribution < -0.4 is 5.32 Å². The van der Waals surface area contributed by atoms with Gasteiger partial charge in [-0.1, -0.05) is 24.3 Å². The lowest BCUT2D eigenvalue weighted by molar-refractivity contribution is -0.146. The number of piperidine rings is 1. The van der Waals surface area contributed by atoms with Gasteiger partial charge in [-0.05, 0) is 17.5 Å². The van der Waals surface area contributed by atoms with Crippen LogP contribution in [0.2, 0.25) is 0 Å². The molecule has 1 aromatic rings. The highest BCUT2D eigenvalue weighted by atomic mass is 16.2. The van der Waals surface area contributed by atoms with Crippen LogP contribution in [-0.2, 0) is 27.3 Å². The Balaban J connectivity index is 1.85. The van der Waals surface area contributed by atoms with E-state index in [0.29, 0.717) is 25.8 Å². The van der Waals surface area contributed by atoms with E-state index in [2.05, 4.69) is 5.32 Å². The van der Waals surface area contributed by atoms with E-state index in [9.17, 15) is 14.4 Å². The van der Waals surface area contributed by atoms with Gasteiger partial charge in [0, 0.05) is 13.0 Å². The van der Waals surface area contributed by atoms with E-state index in [4.69, 9.17) is 0 Å². The maximum Gasteiger partial charge on any atom is 0.249 e. The monoisotopic (exact) mass is 258 g/mol. The highest BCUT2D eigenvalue weighted by molar-refractivity contribution is 6.01. The molecule has 1 atom stereocenters. The summed E-state index contributed by atoms with van der Waals surface area (Å²) >= 11 is 0. The fraction of sp³-hybridized carbons (Fsp3) is 0.357. The van der Waals surface area contributed by atoms with Crippen molar-refractivity contribution in [2.75, 3.05) is 0 Å². The van der Waals surface area contributed by atoms with E-state index in [1.54, 1.807) is 4.90 Å². The lowest BCUT2D eigenvalue weighted by Gasteiger charge is -2.36. The molecule has 2 heterocycles. The molecule has 0 aliphatic carbocycles. The summed E-state index contributed by atoms with van der Waals surface area (Å²) in [6, 6.07) is 7.24. The fourth-order valence-electron chi connectivity index (χ4n) is 2.68. The molecule has 5 nitrogen and oxygen atoms in total. The van der Waals surface area contributed by atoms with E-state index < -0.39 is 6.04 Å². The maximum atomic E-state index is 12.1. The molecule has 3 amide bonds. The molecule has 5 heteroatoms. The van der Waals surface area contributed by atoms with Gasteiger partial charge in [0.1, 0.15) is 6.04 Å². The highest BCUT2D eigenvalue weighted by Gasteiger charge is 2.36. The lowest BCUT2D eigenvalue weighted by Crippen LogP contribution is -2.55. The van der Waals surface area contributed by atoms with Crippen molar-refractivity contribution in [3.8, 4) is 0 Å². The van der Waals surface area contributed by atoms with Crippen molar-refractivity contribution in [2.45, 2.75) is 31.8 Å². The molecular formula is C14H14N2O3. The molecule has 2 aliphatic rings. The molecule has 1 fully saturated rings. The summed E-state index contributed by atoms with van der Waals surface area (Å²) in [5, 5.41) is 2.30. The molecule has 1 unspecified atom stereocenters. The Kier molecular flexibility index (Phi) is 2.81. The third-order valence-electron chi connectivity index (χ3n) is 3.71. The minimum atomic E-state index is -0.515. The number of benzene rings is 1. The summed E-state index contributed by atoms with van der Waals surface area (Å²) < 4.78 is 0. The number of amides is 3. The highest BCUT2D eigenvalue weighted by Crippen LogP contribution is 2.24. The third-order valence-corrected chi connectivity index (χ3v) is 3.71. The van der Waals surface area contributed by atoms with Crippen LogP contribution in [-0.4, -0.2) is 28.7 Å². The molecule has 1 aromatic carbocycles. The summed E-state index contributed by atoms with van der Waals surface area (Å²) in [5.74, 6) is -0.664. The Morgan fingerprint density at radius 3 is 2.58 bits per heavy atom. The van der Waals surface area contributed by atoms with Gasteiger partial charge in [-0.3, -0.25) is 19.7 Å². The minimum Gasteiger partial charge on any atom is -0.326 e. The first-order valence-electron chi connectivity index (χ1n) is 6.35. The predicted molar refractivity (Wildman–Crippen MR) is 66.9 cm³/mol. The molecule has 0 radical (unpaired) electrons. The van der Waals surface area contributed by atoms with Crippen molar-refractivity contribution in [3.05, 3.63) is 35.4 Å². The summed E-state index contributed by atoms with van der Waals surface area (Å²) in [7, 11) is 0. The van der Waals surface area contributed by atoms with Gasteiger partial charge in [-0.15, -0.1) is 0 Å². The molecule has 0 aromatic heterocycles. The number of hydrogen-bond acceptors (Lipinski definition) is 3. The van der Waals surface area contributed by atoms with Gasteiger partial charge in [-0.2, -0.15) is 0 Å². The fourth-order valence-corrected chi connectivity index (χ4v) is 2.68. The van der Waals surface area contributed by atoms with E-state index in [0.717, 1.165) is 11.1 Å². The van der Waals surface area contributed by atoms with Crippen LogP contribution in [0.3, 0.4) is 0 Å². The van der Waals surface area contributed by atoms with E-state index in [-0.39, 0.29) is 17.7 Å². The maximum absolute atomic E-state index is 12.1. The molecule has 98 valence electrons. The first kappa shape index (κ1) is 11.9. The number of hydrogen-bond donors (Lipinski definition) is 1. The molecule has 0 spiro atoms. The number of imide groups is 1. The molecule has 19 heavy (non-hydrogen) atoms. The Hall–Kier alpha value is -2.17. The molecule has 0 saturated carbocycles. The van der Waals surface area contributed by atoms with Crippen molar-refractivity contribution < 1.29 is 14.4 Å². The van der Waals surface area contributed by atoms with Crippen LogP contribution in [0.1, 0.15) is 24.0 Å². The predicted octanol–water partition coefficient (Wildman–Crippen LogP) is 0.377. The van der Waals surface area contributed by atoms with Crippen molar-refractivity contribution in [3.63, 3.8) is 0 Å². The second kappa shape index (κ2) is 4.50. The Labute approximate surface area is 110 Å². The van der Waals surface area contributed by atoms with Crippen molar-refractivity contribution >= 4 is 17.7 Å². The molecule has 0 bridgehead atoms. The summed E-state index contributed by atoms with van der Waals surface area (Å²) in [4.78, 5) is 36.7. The van der Waals surface area contributed by atoms with E-state index in [1.807, 2.05) is 24.3 Å². The topological polar surface area (TPSA) is 66.5 Å². The zero-order chi connectivity index (χ0) is 13.4. The molecule has 3 rings (SSSR count). The number of rotatable bonds is 1. The normalized spacial score (nSPS) is 23.1. The van der Waals surface area contributed by atoms with E-state index in [1.165, 1.54) is 0 Å². The first-order chi connectivity index (χ1) is 9.15. The lowest BCUT2D eigenvalue weighted by atomic mass is 9.95. The first-order valence-corrected chi connectivity index (χ1v) is 6.35. The number of fused-ring (bicyclic) bond motifs is 1. The average Bonchev–Trinajstić information content (AvgIpc) is 2.38. The summed E-state index contributed by atoms with van der Waals surface area (Å²) in [6.07, 6.45) is 1.04. The number of nitrogens with zero attached hydrogens (tertiary/aromatic N) is 1. The molecular weight excluding hydrogens is 244 g/mol. The van der Waals surface area contributed by atoms with Crippen LogP contribution in [0.5, 0.6) is 0 Å². The standard InChI is InChI=1S/C14H14N2O3/c17-12-6-5-11(14(19)15-12)16-8-10-4-2-1-3-9(10)7-13(16)18/h1-4,11H,5-8H2,(H,15,17,19). The Bertz CT molecular complexity index is 568. The zero-order valence-electron chi connectivity index (χ0n) is 10.4. The van der Waals surface area contributed by atoms with Crippen LogP contribution in [0.25, 0.3) is 0 Å². The second-order valence-electron chi connectivity index (χ2n) is 4.93. The van der Waals surface area contributed by atoms with Gasteiger partial charge in [0.15, 0.2) is 0 Å². The zero-order valence-corrected chi connectivity index (χ0v) is 10.4. The number of carbonyl (C=O) groups excluding carboxylic acids is 3. The van der Waals surface area contributed by atoms with Crippen molar-refractivity contribution in [2.24, 2.45) is 0 Å². The number of carbonyl (C=O) groups is 3. The van der Waals surface area contributed by atoms with Gasteiger partial charge in [0.25, 0.3) is 0 Å². The molecule has 2 aliphatic heterocycles. The third kappa shape index (κ3) is 2.12. The Morgan fingerprint density at radius 2 is 1.84 bits per heavy atom. The van der Waals surface area contributed by atoms with Crippen molar-refractivity contribution in [1.82, 2.24) is 10.2 Å². The summed E-state index contributed by atoms with van der Waals surface area (Å²) in [5.41, 5.74) is 2.10. The van der Waals surface area contributed by atoms with Gasteiger partial charge in [-0.25, -0.2) is 0 Å². The minimum absolute atomic E-state index is 0.0480.